The van der Waals surface area contributed by atoms with Gasteiger partial charge in [0.25, 0.3) is 0 Å². The van der Waals surface area contributed by atoms with Crippen molar-refractivity contribution in [2.45, 2.75) is 45.7 Å². The maximum absolute atomic E-state index is 11.7. The van der Waals surface area contributed by atoms with E-state index in [-0.39, 0.29) is 5.91 Å². The van der Waals surface area contributed by atoms with E-state index in [1.807, 2.05) is 18.2 Å². The third kappa shape index (κ3) is 5.63. The van der Waals surface area contributed by atoms with Crippen LogP contribution in [0.1, 0.15) is 39.2 Å². The number of rotatable bonds is 8. The van der Waals surface area contributed by atoms with E-state index in [2.05, 4.69) is 12.2 Å². The Bertz CT molecular complexity index is 467. The summed E-state index contributed by atoms with van der Waals surface area (Å²) in [5.41, 5.74) is 5.79. The van der Waals surface area contributed by atoms with Crippen LogP contribution in [0.5, 0.6) is 11.5 Å². The Morgan fingerprint density at radius 1 is 1.33 bits per heavy atom. The fourth-order valence-corrected chi connectivity index (χ4v) is 1.68. The van der Waals surface area contributed by atoms with Crippen molar-refractivity contribution in [2.75, 3.05) is 13.7 Å². The van der Waals surface area contributed by atoms with Gasteiger partial charge in [-0.05, 0) is 38.0 Å². The van der Waals surface area contributed by atoms with Crippen LogP contribution in [0.25, 0.3) is 0 Å². The summed E-state index contributed by atoms with van der Waals surface area (Å²) in [5, 5.41) is 2.80. The van der Waals surface area contributed by atoms with Gasteiger partial charge in [-0.15, -0.1) is 0 Å². The van der Waals surface area contributed by atoms with Crippen LogP contribution in [-0.4, -0.2) is 25.2 Å². The van der Waals surface area contributed by atoms with Gasteiger partial charge in [0.05, 0.1) is 19.3 Å². The molecular formula is C16H26N2O3. The maximum Gasteiger partial charge on any atom is 0.239 e. The zero-order valence-corrected chi connectivity index (χ0v) is 13.4. The predicted octanol–water partition coefficient (Wildman–Crippen LogP) is 2.23. The second kappa shape index (κ2) is 7.88. The Labute approximate surface area is 126 Å². The van der Waals surface area contributed by atoms with Crippen LogP contribution in [-0.2, 0) is 11.3 Å². The van der Waals surface area contributed by atoms with Crippen molar-refractivity contribution < 1.29 is 14.3 Å². The van der Waals surface area contributed by atoms with Crippen molar-refractivity contribution in [3.8, 4) is 11.5 Å². The summed E-state index contributed by atoms with van der Waals surface area (Å²) in [6, 6.07) is 5.64. The number of hydrogen-bond donors (Lipinski definition) is 2. The molecule has 0 radical (unpaired) electrons. The quantitative estimate of drug-likeness (QED) is 0.721. The molecule has 0 heterocycles. The van der Waals surface area contributed by atoms with E-state index in [1.165, 1.54) is 0 Å². The lowest BCUT2D eigenvalue weighted by Crippen LogP contribution is -2.48. The largest absolute Gasteiger partial charge is 0.493 e. The molecule has 21 heavy (non-hydrogen) atoms. The lowest BCUT2D eigenvalue weighted by molar-refractivity contribution is -0.125. The van der Waals surface area contributed by atoms with E-state index in [0.29, 0.717) is 18.9 Å². The molecule has 5 heteroatoms. The van der Waals surface area contributed by atoms with Crippen LogP contribution in [0.3, 0.4) is 0 Å². The third-order valence-electron chi connectivity index (χ3n) is 3.02. The van der Waals surface area contributed by atoms with Crippen molar-refractivity contribution in [3.63, 3.8) is 0 Å². The average Bonchev–Trinajstić information content (AvgIpc) is 2.44. The zero-order chi connectivity index (χ0) is 15.9. The Kier molecular flexibility index (Phi) is 6.49. The third-order valence-corrected chi connectivity index (χ3v) is 3.02. The van der Waals surface area contributed by atoms with E-state index in [4.69, 9.17) is 15.2 Å². The molecule has 0 atom stereocenters. The van der Waals surface area contributed by atoms with Gasteiger partial charge in [0, 0.05) is 6.54 Å². The number of benzene rings is 1. The van der Waals surface area contributed by atoms with Crippen molar-refractivity contribution >= 4 is 5.91 Å². The lowest BCUT2D eigenvalue weighted by atomic mass is 10.1. The normalized spacial score (nSPS) is 11.1. The molecule has 1 amide bonds. The van der Waals surface area contributed by atoms with Crippen molar-refractivity contribution in [3.05, 3.63) is 23.8 Å². The predicted molar refractivity (Wildman–Crippen MR) is 83.5 cm³/mol. The smallest absolute Gasteiger partial charge is 0.239 e. The van der Waals surface area contributed by atoms with Crippen molar-refractivity contribution in [1.82, 2.24) is 5.32 Å². The molecule has 118 valence electrons. The zero-order valence-electron chi connectivity index (χ0n) is 13.4. The minimum atomic E-state index is -0.882. The molecule has 1 aromatic rings. The summed E-state index contributed by atoms with van der Waals surface area (Å²) in [6.07, 6.45) is 2.09. The molecular weight excluding hydrogens is 268 g/mol. The molecule has 1 aromatic carbocycles. The summed E-state index contributed by atoms with van der Waals surface area (Å²) in [5.74, 6) is 1.20. The number of methoxy groups -OCH3 is 1. The van der Waals surface area contributed by atoms with Crippen molar-refractivity contribution in [1.29, 1.82) is 0 Å². The van der Waals surface area contributed by atoms with E-state index >= 15 is 0 Å². The number of nitrogens with one attached hydrogen (secondary N) is 1. The molecule has 0 unspecified atom stereocenters. The van der Waals surface area contributed by atoms with Gasteiger partial charge < -0.3 is 20.5 Å². The summed E-state index contributed by atoms with van der Waals surface area (Å²) in [6.45, 7) is 6.54. The molecule has 5 nitrogen and oxygen atoms in total. The molecule has 0 aliphatic heterocycles. The summed E-state index contributed by atoms with van der Waals surface area (Å²) >= 11 is 0. The first-order valence-corrected chi connectivity index (χ1v) is 7.25. The Morgan fingerprint density at radius 2 is 2.05 bits per heavy atom. The first kappa shape index (κ1) is 17.3. The number of hydrogen-bond acceptors (Lipinski definition) is 4. The molecule has 0 aromatic heterocycles. The van der Waals surface area contributed by atoms with Gasteiger partial charge in [0.1, 0.15) is 0 Å². The molecule has 0 fully saturated rings. The van der Waals surface area contributed by atoms with Gasteiger partial charge >= 0.3 is 0 Å². The molecule has 0 saturated carbocycles. The molecule has 3 N–H and O–H groups in total. The Balaban J connectivity index is 2.67. The highest BCUT2D eigenvalue weighted by molar-refractivity contribution is 5.84. The number of amides is 1. The second-order valence-electron chi connectivity index (χ2n) is 5.59. The fraction of sp³-hybridized carbons (Fsp3) is 0.562. The molecule has 0 saturated heterocycles. The van der Waals surface area contributed by atoms with Gasteiger partial charge in [0.2, 0.25) is 5.91 Å². The van der Waals surface area contributed by atoms with Crippen LogP contribution in [0.4, 0.5) is 0 Å². The molecule has 1 rings (SSSR count). The fourth-order valence-electron chi connectivity index (χ4n) is 1.68. The Hall–Kier alpha value is -1.75. The minimum absolute atomic E-state index is 0.190. The highest BCUT2D eigenvalue weighted by Crippen LogP contribution is 2.28. The van der Waals surface area contributed by atoms with Gasteiger partial charge in [-0.2, -0.15) is 0 Å². The van der Waals surface area contributed by atoms with E-state index < -0.39 is 5.54 Å². The number of nitrogens with two attached hydrogens (primary N) is 1. The highest BCUT2D eigenvalue weighted by atomic mass is 16.5. The molecule has 0 aliphatic rings. The number of ether oxygens (including phenoxy) is 2. The van der Waals surface area contributed by atoms with Crippen LogP contribution in [0.15, 0.2) is 18.2 Å². The first-order valence-electron chi connectivity index (χ1n) is 7.25. The van der Waals surface area contributed by atoms with E-state index in [9.17, 15) is 4.79 Å². The highest BCUT2D eigenvalue weighted by Gasteiger charge is 2.21. The molecule has 0 bridgehead atoms. The van der Waals surface area contributed by atoms with Crippen LogP contribution in [0.2, 0.25) is 0 Å². The van der Waals surface area contributed by atoms with Crippen LogP contribution in [0, 0.1) is 0 Å². The van der Waals surface area contributed by atoms with Gasteiger partial charge in [-0.1, -0.05) is 19.4 Å². The first-order chi connectivity index (χ1) is 9.88. The molecule has 0 spiro atoms. The van der Waals surface area contributed by atoms with Gasteiger partial charge in [-0.3, -0.25) is 4.79 Å². The number of unbranched alkanes of at least 4 members (excludes halogenated alkanes) is 1. The van der Waals surface area contributed by atoms with E-state index in [0.717, 1.165) is 24.2 Å². The van der Waals surface area contributed by atoms with Gasteiger partial charge in [-0.25, -0.2) is 0 Å². The van der Waals surface area contributed by atoms with E-state index in [1.54, 1.807) is 21.0 Å². The number of carbonyl (C=O) groups excluding carboxylic acids is 1. The average molecular weight is 294 g/mol. The topological polar surface area (TPSA) is 73.6 Å². The summed E-state index contributed by atoms with van der Waals surface area (Å²) < 4.78 is 11.0. The summed E-state index contributed by atoms with van der Waals surface area (Å²) in [7, 11) is 1.60. The SMILES string of the molecule is CCCCOc1ccc(CNC(=O)C(C)(C)N)cc1OC. The number of carbonyl (C=O) groups is 1. The minimum Gasteiger partial charge on any atom is -0.493 e. The van der Waals surface area contributed by atoms with Crippen LogP contribution < -0.4 is 20.5 Å². The Morgan fingerprint density at radius 3 is 2.62 bits per heavy atom. The summed E-state index contributed by atoms with van der Waals surface area (Å²) in [4.78, 5) is 11.7. The monoisotopic (exact) mass is 294 g/mol. The molecule has 0 aliphatic carbocycles. The standard InChI is InChI=1S/C16H26N2O3/c1-5-6-9-21-13-8-7-12(10-14(13)20-4)11-18-15(19)16(2,3)17/h7-8,10H,5-6,9,11,17H2,1-4H3,(H,18,19). The van der Waals surface area contributed by atoms with Gasteiger partial charge in [0.15, 0.2) is 11.5 Å². The lowest BCUT2D eigenvalue weighted by Gasteiger charge is -2.18. The van der Waals surface area contributed by atoms with Crippen molar-refractivity contribution in [2.24, 2.45) is 5.73 Å². The second-order valence-corrected chi connectivity index (χ2v) is 5.59. The maximum atomic E-state index is 11.7. The van der Waals surface area contributed by atoms with Crippen LogP contribution >= 0.6 is 0 Å².